The molecule has 0 saturated carbocycles. The molecule has 0 radical (unpaired) electrons. The summed E-state index contributed by atoms with van der Waals surface area (Å²) < 4.78 is 5.69. The summed E-state index contributed by atoms with van der Waals surface area (Å²) in [6.07, 6.45) is 3.66. The highest BCUT2D eigenvalue weighted by Gasteiger charge is 2.29. The molecule has 1 aliphatic heterocycles. The quantitative estimate of drug-likeness (QED) is 0.418. The summed E-state index contributed by atoms with van der Waals surface area (Å²) in [4.78, 5) is 27.8. The van der Waals surface area contributed by atoms with Crippen LogP contribution in [0.1, 0.15) is 24.8 Å². The third kappa shape index (κ3) is 4.16. The van der Waals surface area contributed by atoms with Crippen molar-refractivity contribution < 1.29 is 19.2 Å². The van der Waals surface area contributed by atoms with Crippen molar-refractivity contribution in [3.05, 3.63) is 42.5 Å². The molecule has 21 heavy (non-hydrogen) atoms. The van der Waals surface area contributed by atoms with E-state index in [2.05, 4.69) is 6.58 Å². The van der Waals surface area contributed by atoms with E-state index in [1.807, 2.05) is 30.3 Å². The third-order valence-corrected chi connectivity index (χ3v) is 3.11. The van der Waals surface area contributed by atoms with Crippen molar-refractivity contribution in [2.75, 3.05) is 13.2 Å². The van der Waals surface area contributed by atoms with Gasteiger partial charge in [-0.25, -0.2) is 0 Å². The van der Waals surface area contributed by atoms with Gasteiger partial charge in [0, 0.05) is 19.3 Å². The van der Waals surface area contributed by atoms with E-state index in [1.54, 1.807) is 0 Å². The number of hydroxylamine groups is 2. The molecule has 0 aromatic heterocycles. The van der Waals surface area contributed by atoms with Crippen LogP contribution in [0.2, 0.25) is 0 Å². The van der Waals surface area contributed by atoms with Crippen LogP contribution in [-0.2, 0) is 20.8 Å². The number of hydrogen-bond donors (Lipinski definition) is 0. The van der Waals surface area contributed by atoms with Gasteiger partial charge in [0.1, 0.15) is 5.75 Å². The van der Waals surface area contributed by atoms with E-state index < -0.39 is 0 Å². The van der Waals surface area contributed by atoms with E-state index in [0.717, 1.165) is 22.8 Å². The fourth-order valence-electron chi connectivity index (χ4n) is 2.07. The molecule has 5 heteroatoms. The van der Waals surface area contributed by atoms with Crippen molar-refractivity contribution in [3.8, 4) is 5.75 Å². The second kappa shape index (κ2) is 7.59. The van der Waals surface area contributed by atoms with E-state index in [9.17, 15) is 9.59 Å². The molecule has 1 aliphatic rings. The van der Waals surface area contributed by atoms with Gasteiger partial charge < -0.3 is 4.74 Å². The summed E-state index contributed by atoms with van der Waals surface area (Å²) in [5.41, 5.74) is 1.08. The molecule has 1 aromatic carbocycles. The SMILES string of the molecule is C=CCc1ccccc1OCCCON1C(=O)CCC1=O. The molecular formula is C16H19NO4. The number of amides is 2. The molecule has 2 rings (SSSR count). The molecule has 112 valence electrons. The number of hydrogen-bond acceptors (Lipinski definition) is 4. The Morgan fingerprint density at radius 3 is 2.57 bits per heavy atom. The number of carbonyl (C=O) groups is 2. The van der Waals surface area contributed by atoms with Gasteiger partial charge in [0.2, 0.25) is 0 Å². The molecule has 5 nitrogen and oxygen atoms in total. The number of benzene rings is 1. The lowest BCUT2D eigenvalue weighted by Crippen LogP contribution is -2.30. The van der Waals surface area contributed by atoms with Crippen LogP contribution in [0.3, 0.4) is 0 Å². The molecule has 0 N–H and O–H groups in total. The summed E-state index contributed by atoms with van der Waals surface area (Å²) in [6.45, 7) is 4.46. The minimum Gasteiger partial charge on any atom is -0.493 e. The van der Waals surface area contributed by atoms with E-state index in [-0.39, 0.29) is 31.3 Å². The molecule has 0 atom stereocenters. The van der Waals surface area contributed by atoms with Crippen molar-refractivity contribution in [3.63, 3.8) is 0 Å². The standard InChI is InChI=1S/C16H19NO4/c1-2-6-13-7-3-4-8-14(13)20-11-5-12-21-17-15(18)9-10-16(17)19/h2-4,7-8H,1,5-6,9-12H2. The van der Waals surface area contributed by atoms with Crippen LogP contribution in [0.15, 0.2) is 36.9 Å². The highest BCUT2D eigenvalue weighted by molar-refractivity contribution is 6.00. The monoisotopic (exact) mass is 289 g/mol. The summed E-state index contributed by atoms with van der Waals surface area (Å²) in [5, 5.41) is 0.867. The summed E-state index contributed by atoms with van der Waals surface area (Å²) in [6, 6.07) is 7.78. The zero-order valence-corrected chi connectivity index (χ0v) is 11.9. The van der Waals surface area contributed by atoms with Crippen LogP contribution in [-0.4, -0.2) is 30.1 Å². The largest absolute Gasteiger partial charge is 0.493 e. The highest BCUT2D eigenvalue weighted by atomic mass is 16.7. The summed E-state index contributed by atoms with van der Waals surface area (Å²) >= 11 is 0. The molecular weight excluding hydrogens is 270 g/mol. The van der Waals surface area contributed by atoms with Crippen LogP contribution in [0.5, 0.6) is 5.75 Å². The lowest BCUT2D eigenvalue weighted by molar-refractivity contribution is -0.188. The van der Waals surface area contributed by atoms with Crippen molar-refractivity contribution in [2.45, 2.75) is 25.7 Å². The van der Waals surface area contributed by atoms with Crippen LogP contribution < -0.4 is 4.74 Å². The fraction of sp³-hybridized carbons (Fsp3) is 0.375. The molecule has 0 bridgehead atoms. The van der Waals surface area contributed by atoms with Crippen molar-refractivity contribution in [1.82, 2.24) is 5.06 Å². The maximum absolute atomic E-state index is 11.3. The average Bonchev–Trinajstić information content (AvgIpc) is 2.80. The van der Waals surface area contributed by atoms with Gasteiger partial charge in [-0.2, -0.15) is 5.06 Å². The van der Waals surface area contributed by atoms with Gasteiger partial charge in [-0.05, 0) is 18.1 Å². The Hall–Kier alpha value is -2.14. The second-order valence-electron chi connectivity index (χ2n) is 4.72. The Morgan fingerprint density at radius 1 is 1.14 bits per heavy atom. The van der Waals surface area contributed by atoms with Crippen molar-refractivity contribution >= 4 is 11.8 Å². The van der Waals surface area contributed by atoms with E-state index >= 15 is 0 Å². The molecule has 0 aliphatic carbocycles. The number of nitrogens with zero attached hydrogens (tertiary/aromatic N) is 1. The molecule has 0 spiro atoms. The van der Waals surface area contributed by atoms with Crippen LogP contribution >= 0.6 is 0 Å². The molecule has 1 heterocycles. The number of rotatable bonds is 8. The Balaban J connectivity index is 1.71. The second-order valence-corrected chi connectivity index (χ2v) is 4.72. The topological polar surface area (TPSA) is 55.8 Å². The van der Waals surface area contributed by atoms with Gasteiger partial charge in [0.05, 0.1) is 13.2 Å². The zero-order valence-electron chi connectivity index (χ0n) is 11.9. The first-order valence-electron chi connectivity index (χ1n) is 7.02. The minimum atomic E-state index is -0.266. The number of carbonyl (C=O) groups excluding carboxylic acids is 2. The highest BCUT2D eigenvalue weighted by Crippen LogP contribution is 2.19. The van der Waals surface area contributed by atoms with E-state index in [1.165, 1.54) is 0 Å². The van der Waals surface area contributed by atoms with Crippen molar-refractivity contribution in [2.24, 2.45) is 0 Å². The van der Waals surface area contributed by atoms with Gasteiger partial charge >= 0.3 is 0 Å². The normalized spacial score (nSPS) is 14.6. The molecule has 1 fully saturated rings. The van der Waals surface area contributed by atoms with Crippen LogP contribution in [0.4, 0.5) is 0 Å². The summed E-state index contributed by atoms with van der Waals surface area (Å²) in [7, 11) is 0. The number of ether oxygens (including phenoxy) is 1. The van der Waals surface area contributed by atoms with E-state index in [4.69, 9.17) is 9.57 Å². The Kier molecular flexibility index (Phi) is 5.51. The molecule has 1 aromatic rings. The predicted molar refractivity (Wildman–Crippen MR) is 77.5 cm³/mol. The van der Waals surface area contributed by atoms with Crippen molar-refractivity contribution in [1.29, 1.82) is 0 Å². The average molecular weight is 289 g/mol. The number of para-hydroxylation sites is 1. The maximum Gasteiger partial charge on any atom is 0.253 e. The van der Waals surface area contributed by atoms with E-state index in [0.29, 0.717) is 13.0 Å². The molecule has 2 amide bonds. The lowest BCUT2D eigenvalue weighted by Gasteiger charge is -2.14. The lowest BCUT2D eigenvalue weighted by atomic mass is 10.1. The number of imide groups is 1. The predicted octanol–water partition coefficient (Wildman–Crippen LogP) is 2.26. The number of allylic oxidation sites excluding steroid dienone is 1. The smallest absolute Gasteiger partial charge is 0.253 e. The minimum absolute atomic E-state index is 0.240. The maximum atomic E-state index is 11.3. The summed E-state index contributed by atoms with van der Waals surface area (Å²) in [5.74, 6) is 0.292. The first-order chi connectivity index (χ1) is 10.2. The third-order valence-electron chi connectivity index (χ3n) is 3.11. The Morgan fingerprint density at radius 2 is 1.86 bits per heavy atom. The first-order valence-corrected chi connectivity index (χ1v) is 7.02. The Bertz CT molecular complexity index is 511. The fourth-order valence-corrected chi connectivity index (χ4v) is 2.07. The Labute approximate surface area is 124 Å². The van der Waals surface area contributed by atoms with Gasteiger partial charge in [-0.3, -0.25) is 14.4 Å². The van der Waals surface area contributed by atoms with Crippen LogP contribution in [0, 0.1) is 0 Å². The van der Waals surface area contributed by atoms with Gasteiger partial charge in [-0.15, -0.1) is 6.58 Å². The van der Waals surface area contributed by atoms with Crippen LogP contribution in [0.25, 0.3) is 0 Å². The van der Waals surface area contributed by atoms with Gasteiger partial charge in [-0.1, -0.05) is 24.3 Å². The zero-order chi connectivity index (χ0) is 15.1. The molecule has 0 unspecified atom stereocenters. The molecule has 1 saturated heterocycles. The van der Waals surface area contributed by atoms with Gasteiger partial charge in [0.25, 0.3) is 11.8 Å². The first kappa shape index (κ1) is 15.3. The van der Waals surface area contributed by atoms with Gasteiger partial charge in [0.15, 0.2) is 0 Å².